The van der Waals surface area contributed by atoms with Gasteiger partial charge in [-0.1, -0.05) is 0 Å². The summed E-state index contributed by atoms with van der Waals surface area (Å²) in [4.78, 5) is 12.1. The van der Waals surface area contributed by atoms with E-state index in [1.54, 1.807) is 20.8 Å². The predicted octanol–water partition coefficient (Wildman–Crippen LogP) is 0.827. The zero-order chi connectivity index (χ0) is 15.3. The first-order valence-corrected chi connectivity index (χ1v) is 3.99. The van der Waals surface area contributed by atoms with Gasteiger partial charge in [0.15, 0.2) is 0 Å². The number of carbonyl (C=O) groups excluding carboxylic acids is 1. The van der Waals surface area contributed by atoms with Crippen molar-refractivity contribution in [2.75, 3.05) is 26.0 Å². The van der Waals surface area contributed by atoms with Crippen LogP contribution in [0, 0.1) is 0 Å². The molecule has 1 heterocycles. The molecule has 1 saturated heterocycles. The molecule has 13 heavy (non-hydrogen) atoms. The van der Waals surface area contributed by atoms with E-state index < -0.39 is 37.7 Å². The maximum absolute atomic E-state index is 12.0. The van der Waals surface area contributed by atoms with E-state index in [1.807, 2.05) is 0 Å². The number of nitrogens with one attached hydrogen (secondary N) is 1. The van der Waals surface area contributed by atoms with E-state index >= 15 is 0 Å². The van der Waals surface area contributed by atoms with E-state index in [0.717, 1.165) is 0 Å². The third kappa shape index (κ3) is 3.63. The summed E-state index contributed by atoms with van der Waals surface area (Å²) in [5.41, 5.74) is -0.930. The summed E-state index contributed by atoms with van der Waals surface area (Å²) in [6.45, 7) is -3.69. The molecule has 76 valence electrons. The molecule has 1 aliphatic rings. The van der Waals surface area contributed by atoms with Crippen LogP contribution in [0.1, 0.15) is 29.0 Å². The van der Waals surface area contributed by atoms with Crippen LogP contribution >= 0.6 is 0 Å². The zero-order valence-corrected chi connectivity index (χ0v) is 7.97. The minimum atomic E-state index is -2.88. The highest BCUT2D eigenvalue weighted by atomic mass is 16.6. The maximum Gasteiger partial charge on any atom is 0.410 e. The Kier molecular flexibility index (Phi) is 1.41. The quantitative estimate of drug-likeness (QED) is 0.618. The predicted molar refractivity (Wildman–Crippen MR) is 50.7 cm³/mol. The molecule has 1 aliphatic heterocycles. The van der Waals surface area contributed by atoms with Crippen LogP contribution in [0.3, 0.4) is 0 Å². The van der Waals surface area contributed by atoms with Gasteiger partial charge in [0, 0.05) is 28.8 Å². The summed E-state index contributed by atoms with van der Waals surface area (Å²) < 4.78 is 50.7. The van der Waals surface area contributed by atoms with Gasteiger partial charge >= 0.3 is 6.09 Å². The number of hydrogen-bond acceptors (Lipinski definition) is 3. The van der Waals surface area contributed by atoms with E-state index in [1.165, 1.54) is 0 Å². The largest absolute Gasteiger partial charge is 0.444 e. The Morgan fingerprint density at radius 2 is 2.23 bits per heavy atom. The van der Waals surface area contributed by atoms with Crippen molar-refractivity contribution in [2.24, 2.45) is 0 Å². The molecule has 0 unspecified atom stereocenters. The minimum Gasteiger partial charge on any atom is -0.444 e. The second kappa shape index (κ2) is 3.96. The lowest BCUT2D eigenvalue weighted by Gasteiger charge is -2.30. The molecule has 0 aliphatic carbocycles. The van der Waals surface area contributed by atoms with Gasteiger partial charge in [0.05, 0.1) is 5.48 Å². The fourth-order valence-electron chi connectivity index (χ4n) is 0.716. The Bertz CT molecular complexity index is 379. The summed E-state index contributed by atoms with van der Waals surface area (Å²) in [5, 5.41) is 2.12. The van der Waals surface area contributed by atoms with Crippen LogP contribution in [0.2, 0.25) is 0 Å². The van der Waals surface area contributed by atoms with Gasteiger partial charge in [-0.2, -0.15) is 0 Å². The Balaban J connectivity index is 3.14. The van der Waals surface area contributed by atoms with Crippen molar-refractivity contribution in [2.45, 2.75) is 26.4 Å². The summed E-state index contributed by atoms with van der Waals surface area (Å²) >= 11 is 0. The average molecular weight is 192 g/mol. The molecular formula is C9H18N2O2. The molecule has 0 bridgehead atoms. The van der Waals surface area contributed by atoms with Crippen molar-refractivity contribution in [3.05, 3.63) is 0 Å². The van der Waals surface area contributed by atoms with Crippen molar-refractivity contribution in [1.82, 2.24) is 10.2 Å². The number of amides is 1. The van der Waals surface area contributed by atoms with E-state index in [2.05, 4.69) is 5.32 Å². The topological polar surface area (TPSA) is 41.6 Å². The van der Waals surface area contributed by atoms with Gasteiger partial charge in [-0.25, -0.2) is 4.79 Å². The van der Waals surface area contributed by atoms with E-state index in [-0.39, 0.29) is 4.90 Å². The average Bonchev–Trinajstić information content (AvgIpc) is 2.08. The van der Waals surface area contributed by atoms with Crippen LogP contribution in [0.25, 0.3) is 0 Å². The maximum atomic E-state index is 12.0. The third-order valence-corrected chi connectivity index (χ3v) is 1.16. The fourth-order valence-corrected chi connectivity index (χ4v) is 0.716. The molecule has 0 spiro atoms. The second-order valence-corrected chi connectivity index (χ2v) is 3.56. The Morgan fingerprint density at radius 1 is 1.54 bits per heavy atom. The summed E-state index contributed by atoms with van der Waals surface area (Å²) in [7, 11) is 0. The number of hydrogen-bond donors (Lipinski definition) is 1. The minimum absolute atomic E-state index is 0.182. The van der Waals surface area contributed by atoms with Gasteiger partial charge < -0.3 is 15.0 Å². The molecule has 1 rings (SSSR count). The molecule has 0 radical (unpaired) electrons. The summed E-state index contributed by atoms with van der Waals surface area (Å²) in [5.74, 6) is 0. The van der Waals surface area contributed by atoms with E-state index in [4.69, 9.17) is 13.0 Å². The van der Waals surface area contributed by atoms with Crippen LogP contribution in [0.4, 0.5) is 4.79 Å². The van der Waals surface area contributed by atoms with Gasteiger partial charge in [-0.3, -0.25) is 0 Å². The molecule has 0 saturated carbocycles. The highest BCUT2D eigenvalue weighted by molar-refractivity contribution is 5.68. The zero-order valence-electron chi connectivity index (χ0n) is 14.0. The van der Waals surface area contributed by atoms with Gasteiger partial charge in [-0.15, -0.1) is 0 Å². The lowest BCUT2D eigenvalue weighted by atomic mass is 10.2. The van der Waals surface area contributed by atoms with Crippen LogP contribution in [-0.2, 0) is 4.74 Å². The van der Waals surface area contributed by atoms with Crippen LogP contribution in [0.5, 0.6) is 0 Å². The summed E-state index contributed by atoms with van der Waals surface area (Å²) in [6, 6.07) is 0. The molecule has 0 atom stereocenters. The lowest BCUT2D eigenvalue weighted by molar-refractivity contribution is 0.0229. The Labute approximate surface area is 87.7 Å². The van der Waals surface area contributed by atoms with E-state index in [0.29, 0.717) is 0 Å². The highest BCUT2D eigenvalue weighted by Crippen LogP contribution is 2.09. The van der Waals surface area contributed by atoms with Gasteiger partial charge in [0.1, 0.15) is 5.60 Å². The molecule has 0 aromatic carbocycles. The molecule has 0 aromatic heterocycles. The SMILES string of the molecule is [2H]C1([2H])CNC([2H])([2H])C([2H])([2H])N1C(=O)OC(C)(C)C. The van der Waals surface area contributed by atoms with Crippen molar-refractivity contribution < 1.29 is 17.8 Å². The second-order valence-electron chi connectivity index (χ2n) is 3.56. The first kappa shape index (κ1) is 4.64. The number of piperazine rings is 1. The highest BCUT2D eigenvalue weighted by Gasteiger charge is 2.22. The molecule has 1 fully saturated rings. The number of ether oxygens (including phenoxy) is 1. The first-order valence-electron chi connectivity index (χ1n) is 6.99. The van der Waals surface area contributed by atoms with Gasteiger partial charge in [-0.05, 0) is 20.8 Å². The first-order chi connectivity index (χ1) is 8.21. The Hall–Kier alpha value is -0.770. The van der Waals surface area contributed by atoms with Crippen molar-refractivity contribution in [3.8, 4) is 0 Å². The van der Waals surface area contributed by atoms with E-state index in [9.17, 15) is 4.79 Å². The van der Waals surface area contributed by atoms with Crippen molar-refractivity contribution in [1.29, 1.82) is 0 Å². The van der Waals surface area contributed by atoms with Gasteiger partial charge in [0.25, 0.3) is 0 Å². The van der Waals surface area contributed by atoms with Gasteiger partial charge in [0.2, 0.25) is 0 Å². The molecular weight excluding hydrogens is 168 g/mol. The Morgan fingerprint density at radius 3 is 2.85 bits per heavy atom. The standard InChI is InChI=1S/C9H18N2O2/c1-9(2,3)13-8(12)11-6-4-10-5-7-11/h10H,4-7H2,1-3H3/i4D2,6D2,7D2. The normalized spacial score (nSPS) is 37.0. The number of nitrogens with zero attached hydrogens (tertiary/aromatic N) is 1. The molecule has 4 nitrogen and oxygen atoms in total. The monoisotopic (exact) mass is 192 g/mol. The number of carbonyl (C=O) groups is 1. The smallest absolute Gasteiger partial charge is 0.410 e. The lowest BCUT2D eigenvalue weighted by Crippen LogP contribution is -2.48. The molecule has 1 amide bonds. The molecule has 4 heteroatoms. The number of rotatable bonds is 0. The third-order valence-electron chi connectivity index (χ3n) is 1.16. The molecule has 0 aromatic rings. The summed E-state index contributed by atoms with van der Waals surface area (Å²) in [6.07, 6.45) is -1.23. The fraction of sp³-hybridized carbons (Fsp3) is 0.889. The van der Waals surface area contributed by atoms with Crippen LogP contribution in [-0.4, -0.2) is 42.6 Å². The van der Waals surface area contributed by atoms with Crippen molar-refractivity contribution >= 4 is 6.09 Å². The van der Waals surface area contributed by atoms with Crippen molar-refractivity contribution in [3.63, 3.8) is 0 Å². The molecule has 1 N–H and O–H groups in total. The van der Waals surface area contributed by atoms with Crippen LogP contribution in [0.15, 0.2) is 0 Å². The van der Waals surface area contributed by atoms with Crippen LogP contribution < -0.4 is 5.32 Å².